The van der Waals surface area contributed by atoms with Gasteiger partial charge in [-0.25, -0.2) is 0 Å². The fourth-order valence-corrected chi connectivity index (χ4v) is 2.84. The molecule has 0 aliphatic heterocycles. The molecule has 18 heavy (non-hydrogen) atoms. The average Bonchev–Trinajstić information content (AvgIpc) is 2.36. The van der Waals surface area contributed by atoms with Crippen LogP contribution in [0.1, 0.15) is 66.2 Å². The van der Waals surface area contributed by atoms with Crippen LogP contribution in [0.2, 0.25) is 0 Å². The predicted molar refractivity (Wildman–Crippen MR) is 75.6 cm³/mol. The van der Waals surface area contributed by atoms with E-state index in [-0.39, 0.29) is 5.60 Å². The van der Waals surface area contributed by atoms with Gasteiger partial charge in [0.05, 0.1) is 5.60 Å². The topological polar surface area (TPSA) is 26.3 Å². The molecule has 0 unspecified atom stereocenters. The molecule has 2 nitrogen and oxygen atoms in total. The van der Waals surface area contributed by atoms with E-state index >= 15 is 0 Å². The number of rotatable bonds is 6. The number of hydrogen-bond donors (Lipinski definition) is 0. The van der Waals surface area contributed by atoms with Gasteiger partial charge in [0.2, 0.25) is 0 Å². The summed E-state index contributed by atoms with van der Waals surface area (Å²) in [5.74, 6) is 2.40. The van der Waals surface area contributed by atoms with E-state index in [2.05, 4.69) is 27.7 Å². The fraction of sp³-hybridized carbons (Fsp3) is 0.938. The monoisotopic (exact) mass is 254 g/mol. The van der Waals surface area contributed by atoms with E-state index in [0.29, 0.717) is 18.1 Å². The van der Waals surface area contributed by atoms with Crippen LogP contribution in [-0.2, 0) is 9.53 Å². The van der Waals surface area contributed by atoms with Gasteiger partial charge in [-0.15, -0.1) is 0 Å². The number of Topliss-reactive ketones (excluding diaryl/α,β-unsaturated/α-hetero) is 1. The van der Waals surface area contributed by atoms with Crippen molar-refractivity contribution < 1.29 is 9.53 Å². The van der Waals surface area contributed by atoms with Gasteiger partial charge in [0.15, 0.2) is 0 Å². The Morgan fingerprint density at radius 2 is 1.78 bits per heavy atom. The van der Waals surface area contributed by atoms with Crippen LogP contribution >= 0.6 is 0 Å². The molecule has 0 bridgehead atoms. The standard InChI is InChI=1S/C16H30O2/c1-12(2)13-6-8-14(9-7-13)15(17)10-11-16(3,4)18-5/h12-14H,6-11H2,1-5H3. The Kier molecular flexibility index (Phi) is 5.84. The quantitative estimate of drug-likeness (QED) is 0.709. The van der Waals surface area contributed by atoms with E-state index in [4.69, 9.17) is 4.74 Å². The van der Waals surface area contributed by atoms with Gasteiger partial charge in [-0.1, -0.05) is 13.8 Å². The molecule has 0 saturated heterocycles. The summed E-state index contributed by atoms with van der Waals surface area (Å²) in [5, 5.41) is 0. The number of carbonyl (C=O) groups is 1. The van der Waals surface area contributed by atoms with Crippen molar-refractivity contribution in [2.24, 2.45) is 17.8 Å². The van der Waals surface area contributed by atoms with Gasteiger partial charge < -0.3 is 4.74 Å². The van der Waals surface area contributed by atoms with Gasteiger partial charge in [-0.05, 0) is 57.8 Å². The summed E-state index contributed by atoms with van der Waals surface area (Å²) in [6, 6.07) is 0. The van der Waals surface area contributed by atoms with Gasteiger partial charge in [-0.2, -0.15) is 0 Å². The molecule has 0 amide bonds. The smallest absolute Gasteiger partial charge is 0.136 e. The first kappa shape index (κ1) is 15.7. The van der Waals surface area contributed by atoms with E-state index in [0.717, 1.165) is 31.1 Å². The zero-order valence-electron chi connectivity index (χ0n) is 12.8. The zero-order valence-corrected chi connectivity index (χ0v) is 12.8. The van der Waals surface area contributed by atoms with Crippen LogP contribution in [0.3, 0.4) is 0 Å². The van der Waals surface area contributed by atoms with Crippen molar-refractivity contribution in [1.29, 1.82) is 0 Å². The Morgan fingerprint density at radius 3 is 2.22 bits per heavy atom. The molecule has 0 radical (unpaired) electrons. The summed E-state index contributed by atoms with van der Waals surface area (Å²) in [4.78, 5) is 12.2. The van der Waals surface area contributed by atoms with Crippen LogP contribution in [0.25, 0.3) is 0 Å². The molecule has 1 aliphatic carbocycles. The molecule has 0 spiro atoms. The Morgan fingerprint density at radius 1 is 1.22 bits per heavy atom. The normalized spacial score (nSPS) is 25.4. The second-order valence-corrected chi connectivity index (χ2v) is 6.79. The zero-order chi connectivity index (χ0) is 13.8. The van der Waals surface area contributed by atoms with E-state index in [9.17, 15) is 4.79 Å². The Labute approximate surface area is 112 Å². The summed E-state index contributed by atoms with van der Waals surface area (Å²) in [5.41, 5.74) is -0.162. The van der Waals surface area contributed by atoms with Crippen LogP contribution in [0, 0.1) is 17.8 Å². The third-order valence-corrected chi connectivity index (χ3v) is 4.70. The summed E-state index contributed by atoms with van der Waals surface area (Å²) in [7, 11) is 1.72. The molecule has 1 fully saturated rings. The van der Waals surface area contributed by atoms with Crippen LogP contribution in [0.5, 0.6) is 0 Å². The van der Waals surface area contributed by atoms with Gasteiger partial charge in [-0.3, -0.25) is 4.79 Å². The first-order chi connectivity index (χ1) is 8.35. The summed E-state index contributed by atoms with van der Waals surface area (Å²) in [6.07, 6.45) is 6.21. The fourth-order valence-electron chi connectivity index (χ4n) is 2.84. The third-order valence-electron chi connectivity index (χ3n) is 4.70. The molecule has 0 N–H and O–H groups in total. The second-order valence-electron chi connectivity index (χ2n) is 6.79. The van der Waals surface area contributed by atoms with Gasteiger partial charge in [0.1, 0.15) is 5.78 Å². The maximum absolute atomic E-state index is 12.2. The van der Waals surface area contributed by atoms with Crippen molar-refractivity contribution in [3.05, 3.63) is 0 Å². The van der Waals surface area contributed by atoms with Crippen LogP contribution in [0.4, 0.5) is 0 Å². The summed E-state index contributed by atoms with van der Waals surface area (Å²) < 4.78 is 5.37. The maximum atomic E-state index is 12.2. The largest absolute Gasteiger partial charge is 0.379 e. The molecular formula is C16H30O2. The minimum atomic E-state index is -0.162. The highest BCUT2D eigenvalue weighted by atomic mass is 16.5. The van der Waals surface area contributed by atoms with Gasteiger partial charge >= 0.3 is 0 Å². The number of carbonyl (C=O) groups excluding carboxylic acids is 1. The highest BCUT2D eigenvalue weighted by molar-refractivity contribution is 5.81. The Bertz CT molecular complexity index is 260. The summed E-state index contributed by atoms with van der Waals surface area (Å²) >= 11 is 0. The molecular weight excluding hydrogens is 224 g/mol. The average molecular weight is 254 g/mol. The lowest BCUT2D eigenvalue weighted by Crippen LogP contribution is -2.27. The van der Waals surface area contributed by atoms with E-state index in [1.54, 1.807) is 7.11 Å². The highest BCUT2D eigenvalue weighted by Crippen LogP contribution is 2.34. The number of ether oxygens (including phenoxy) is 1. The van der Waals surface area contributed by atoms with Crippen molar-refractivity contribution in [2.45, 2.75) is 71.8 Å². The maximum Gasteiger partial charge on any atom is 0.136 e. The molecule has 0 aromatic carbocycles. The number of ketones is 1. The minimum absolute atomic E-state index is 0.162. The SMILES string of the molecule is COC(C)(C)CCC(=O)C1CCC(C(C)C)CC1. The first-order valence-corrected chi connectivity index (χ1v) is 7.43. The third kappa shape index (κ3) is 4.72. The number of methoxy groups -OCH3 is 1. The van der Waals surface area contributed by atoms with Crippen LogP contribution in [-0.4, -0.2) is 18.5 Å². The molecule has 106 valence electrons. The lowest BCUT2D eigenvalue weighted by atomic mass is 9.75. The molecule has 0 aromatic rings. The lowest BCUT2D eigenvalue weighted by molar-refractivity contribution is -0.125. The second kappa shape index (κ2) is 6.70. The highest BCUT2D eigenvalue weighted by Gasteiger charge is 2.28. The van der Waals surface area contributed by atoms with Crippen molar-refractivity contribution >= 4 is 5.78 Å². The van der Waals surface area contributed by atoms with Crippen molar-refractivity contribution in [1.82, 2.24) is 0 Å². The van der Waals surface area contributed by atoms with Crippen molar-refractivity contribution in [3.8, 4) is 0 Å². The molecule has 2 heteroatoms. The predicted octanol–water partition coefficient (Wildman–Crippen LogP) is 4.22. The lowest BCUT2D eigenvalue weighted by Gasteiger charge is -2.30. The Balaban J connectivity index is 2.32. The molecule has 1 aliphatic rings. The van der Waals surface area contributed by atoms with Gasteiger partial charge in [0.25, 0.3) is 0 Å². The molecule has 1 saturated carbocycles. The molecule has 1 rings (SSSR count). The first-order valence-electron chi connectivity index (χ1n) is 7.43. The molecule has 0 aromatic heterocycles. The van der Waals surface area contributed by atoms with Gasteiger partial charge in [0, 0.05) is 19.4 Å². The summed E-state index contributed by atoms with van der Waals surface area (Å²) in [6.45, 7) is 8.70. The van der Waals surface area contributed by atoms with Crippen LogP contribution < -0.4 is 0 Å². The number of hydrogen-bond acceptors (Lipinski definition) is 2. The van der Waals surface area contributed by atoms with E-state index in [1.165, 1.54) is 12.8 Å². The van der Waals surface area contributed by atoms with E-state index in [1.807, 2.05) is 0 Å². The molecule has 0 heterocycles. The van der Waals surface area contributed by atoms with Crippen molar-refractivity contribution in [2.75, 3.05) is 7.11 Å². The minimum Gasteiger partial charge on any atom is -0.379 e. The van der Waals surface area contributed by atoms with Crippen molar-refractivity contribution in [3.63, 3.8) is 0 Å². The molecule has 0 atom stereocenters. The Hall–Kier alpha value is -0.370. The van der Waals surface area contributed by atoms with E-state index < -0.39 is 0 Å². The van der Waals surface area contributed by atoms with Crippen LogP contribution in [0.15, 0.2) is 0 Å².